The van der Waals surface area contributed by atoms with E-state index in [0.29, 0.717) is 24.7 Å². The number of alkyl halides is 1. The van der Waals surface area contributed by atoms with Gasteiger partial charge < -0.3 is 9.84 Å². The summed E-state index contributed by atoms with van der Waals surface area (Å²) in [5.74, 6) is 0.948. The summed E-state index contributed by atoms with van der Waals surface area (Å²) in [6.07, 6.45) is 2.88. The summed E-state index contributed by atoms with van der Waals surface area (Å²) in [7, 11) is 0. The minimum absolute atomic E-state index is 0.173. The number of hydrogen-bond donors (Lipinski definition) is 1. The third-order valence-electron chi connectivity index (χ3n) is 2.76. The van der Waals surface area contributed by atoms with Crippen LogP contribution in [0.4, 0.5) is 4.39 Å². The number of aromatic nitrogens is 3. The van der Waals surface area contributed by atoms with E-state index < -0.39 is 6.17 Å². The van der Waals surface area contributed by atoms with Crippen molar-refractivity contribution in [3.8, 4) is 11.4 Å². The average Bonchev–Trinajstić information content (AvgIpc) is 2.98. The average molecular weight is 234 g/mol. The molecular weight excluding hydrogens is 223 g/mol. The van der Waals surface area contributed by atoms with Crippen LogP contribution in [0.1, 0.15) is 18.4 Å². The molecule has 3 heterocycles. The van der Waals surface area contributed by atoms with Gasteiger partial charge in [0.2, 0.25) is 11.7 Å². The van der Waals surface area contributed by atoms with Gasteiger partial charge in [-0.05, 0) is 12.1 Å². The van der Waals surface area contributed by atoms with Gasteiger partial charge in [-0.1, -0.05) is 5.16 Å². The molecule has 0 spiro atoms. The van der Waals surface area contributed by atoms with Crippen molar-refractivity contribution in [2.45, 2.75) is 18.6 Å². The first kappa shape index (κ1) is 10.3. The fraction of sp³-hybridized carbons (Fsp3) is 0.364. The third kappa shape index (κ3) is 2.03. The van der Waals surface area contributed by atoms with E-state index in [1.165, 1.54) is 0 Å². The fourth-order valence-electron chi connectivity index (χ4n) is 1.88. The molecule has 1 N–H and O–H groups in total. The Bertz CT molecular complexity index is 501. The van der Waals surface area contributed by atoms with E-state index in [1.807, 2.05) is 0 Å². The lowest BCUT2D eigenvalue weighted by atomic mass is 10.2. The highest BCUT2D eigenvalue weighted by molar-refractivity contribution is 5.52. The van der Waals surface area contributed by atoms with E-state index in [2.05, 4.69) is 20.4 Å². The minimum atomic E-state index is -0.837. The maximum atomic E-state index is 13.0. The van der Waals surface area contributed by atoms with Gasteiger partial charge in [0.1, 0.15) is 6.17 Å². The lowest BCUT2D eigenvalue weighted by molar-refractivity contribution is 0.324. The molecule has 0 aromatic carbocycles. The van der Waals surface area contributed by atoms with E-state index in [-0.39, 0.29) is 6.04 Å². The van der Waals surface area contributed by atoms with Crippen LogP contribution in [0.2, 0.25) is 0 Å². The molecule has 1 aliphatic rings. The van der Waals surface area contributed by atoms with Crippen LogP contribution in [0.3, 0.4) is 0 Å². The van der Waals surface area contributed by atoms with Gasteiger partial charge in [0.25, 0.3) is 0 Å². The molecule has 0 aliphatic carbocycles. The number of hydrogen-bond acceptors (Lipinski definition) is 5. The van der Waals surface area contributed by atoms with E-state index in [1.54, 1.807) is 24.5 Å². The summed E-state index contributed by atoms with van der Waals surface area (Å²) in [5.41, 5.74) is 0.838. The summed E-state index contributed by atoms with van der Waals surface area (Å²) < 4.78 is 18.2. The Morgan fingerprint density at radius 1 is 1.35 bits per heavy atom. The van der Waals surface area contributed by atoms with Crippen LogP contribution >= 0.6 is 0 Å². The Hall–Kier alpha value is -1.82. The summed E-state index contributed by atoms with van der Waals surface area (Å²) in [6.45, 7) is 0.345. The van der Waals surface area contributed by atoms with Gasteiger partial charge in [-0.2, -0.15) is 4.98 Å². The van der Waals surface area contributed by atoms with Gasteiger partial charge in [-0.25, -0.2) is 4.39 Å². The Balaban J connectivity index is 1.84. The van der Waals surface area contributed by atoms with Crippen molar-refractivity contribution in [1.82, 2.24) is 20.4 Å². The van der Waals surface area contributed by atoms with E-state index in [4.69, 9.17) is 4.52 Å². The van der Waals surface area contributed by atoms with Gasteiger partial charge in [0.05, 0.1) is 6.04 Å². The molecule has 17 heavy (non-hydrogen) atoms. The minimum Gasteiger partial charge on any atom is -0.337 e. The molecule has 1 aliphatic heterocycles. The fourth-order valence-corrected chi connectivity index (χ4v) is 1.88. The second kappa shape index (κ2) is 4.21. The number of rotatable bonds is 2. The van der Waals surface area contributed by atoms with E-state index in [0.717, 1.165) is 5.56 Å². The highest BCUT2D eigenvalue weighted by Gasteiger charge is 2.29. The predicted octanol–water partition coefficient (Wildman–Crippen LogP) is 1.50. The van der Waals surface area contributed by atoms with Gasteiger partial charge in [0.15, 0.2) is 0 Å². The van der Waals surface area contributed by atoms with Crippen LogP contribution < -0.4 is 5.32 Å². The zero-order valence-corrected chi connectivity index (χ0v) is 9.01. The largest absolute Gasteiger partial charge is 0.337 e. The SMILES string of the molecule is F[C@H]1CN[C@@H](c2nc(-c3ccncc3)no2)C1. The van der Waals surface area contributed by atoms with Crippen molar-refractivity contribution in [3.05, 3.63) is 30.4 Å². The van der Waals surface area contributed by atoms with Crippen molar-refractivity contribution in [2.75, 3.05) is 6.54 Å². The lowest BCUT2D eigenvalue weighted by Gasteiger charge is -2.01. The monoisotopic (exact) mass is 234 g/mol. The first-order chi connectivity index (χ1) is 8.33. The maximum Gasteiger partial charge on any atom is 0.244 e. The number of pyridine rings is 1. The second-order valence-electron chi connectivity index (χ2n) is 3.99. The topological polar surface area (TPSA) is 63.8 Å². The molecular formula is C11H11FN4O. The Kier molecular flexibility index (Phi) is 2.56. The Morgan fingerprint density at radius 2 is 2.18 bits per heavy atom. The molecule has 0 amide bonds. The highest BCUT2D eigenvalue weighted by atomic mass is 19.1. The molecule has 0 bridgehead atoms. The third-order valence-corrected chi connectivity index (χ3v) is 2.76. The molecule has 2 atom stereocenters. The molecule has 2 aromatic rings. The van der Waals surface area contributed by atoms with Gasteiger partial charge >= 0.3 is 0 Å². The zero-order chi connectivity index (χ0) is 11.7. The zero-order valence-electron chi connectivity index (χ0n) is 9.01. The van der Waals surface area contributed by atoms with Crippen LogP contribution in [0, 0.1) is 0 Å². The van der Waals surface area contributed by atoms with Crippen LogP contribution in [-0.2, 0) is 0 Å². The highest BCUT2D eigenvalue weighted by Crippen LogP contribution is 2.25. The maximum absolute atomic E-state index is 13.0. The van der Waals surface area contributed by atoms with Gasteiger partial charge in [0, 0.05) is 30.9 Å². The van der Waals surface area contributed by atoms with Crippen LogP contribution in [0.5, 0.6) is 0 Å². The number of nitrogens with zero attached hydrogens (tertiary/aromatic N) is 3. The van der Waals surface area contributed by atoms with E-state index >= 15 is 0 Å². The Labute approximate surface area is 97.1 Å². The summed E-state index contributed by atoms with van der Waals surface area (Å²) in [5, 5.41) is 6.88. The molecule has 1 fully saturated rings. The van der Waals surface area contributed by atoms with Gasteiger partial charge in [-0.3, -0.25) is 4.98 Å². The first-order valence-electron chi connectivity index (χ1n) is 5.44. The van der Waals surface area contributed by atoms with Crippen molar-refractivity contribution in [2.24, 2.45) is 0 Å². The van der Waals surface area contributed by atoms with Crippen molar-refractivity contribution >= 4 is 0 Å². The first-order valence-corrected chi connectivity index (χ1v) is 5.44. The van der Waals surface area contributed by atoms with E-state index in [9.17, 15) is 4.39 Å². The smallest absolute Gasteiger partial charge is 0.244 e. The van der Waals surface area contributed by atoms with Crippen molar-refractivity contribution in [3.63, 3.8) is 0 Å². The number of halogens is 1. The van der Waals surface area contributed by atoms with Crippen LogP contribution in [-0.4, -0.2) is 27.8 Å². The standard InChI is InChI=1S/C11H11FN4O/c12-8-5-9(14-6-8)11-15-10(16-17-11)7-1-3-13-4-2-7/h1-4,8-9,14H,5-6H2/t8-,9-/m1/s1. The molecule has 88 valence electrons. The van der Waals surface area contributed by atoms with Gasteiger partial charge in [-0.15, -0.1) is 0 Å². The molecule has 0 radical (unpaired) electrons. The molecule has 5 nitrogen and oxygen atoms in total. The molecule has 2 aromatic heterocycles. The summed E-state index contributed by atoms with van der Waals surface area (Å²) in [4.78, 5) is 8.18. The van der Waals surface area contributed by atoms with Crippen molar-refractivity contribution < 1.29 is 8.91 Å². The summed E-state index contributed by atoms with van der Waals surface area (Å²) >= 11 is 0. The van der Waals surface area contributed by atoms with Crippen molar-refractivity contribution in [1.29, 1.82) is 0 Å². The van der Waals surface area contributed by atoms with Crippen LogP contribution in [0.25, 0.3) is 11.4 Å². The quantitative estimate of drug-likeness (QED) is 0.853. The normalized spacial score (nSPS) is 24.1. The molecule has 3 rings (SSSR count). The number of nitrogens with one attached hydrogen (secondary N) is 1. The molecule has 0 saturated carbocycles. The summed E-state index contributed by atoms with van der Waals surface area (Å²) in [6, 6.07) is 3.43. The lowest BCUT2D eigenvalue weighted by Crippen LogP contribution is -2.14. The molecule has 6 heteroatoms. The van der Waals surface area contributed by atoms with Crippen LogP contribution in [0.15, 0.2) is 29.0 Å². The Morgan fingerprint density at radius 3 is 2.88 bits per heavy atom. The molecule has 0 unspecified atom stereocenters. The predicted molar refractivity (Wildman–Crippen MR) is 57.8 cm³/mol. The second-order valence-corrected chi connectivity index (χ2v) is 3.99. The molecule has 1 saturated heterocycles.